The minimum Gasteiger partial charge on any atom is -0.327 e. The maximum absolute atomic E-state index is 13.7. The van der Waals surface area contributed by atoms with Crippen molar-refractivity contribution < 1.29 is 35.9 Å². The van der Waals surface area contributed by atoms with Gasteiger partial charge in [0.05, 0.1) is 13.1 Å². The first-order valence-corrected chi connectivity index (χ1v) is 9.62. The van der Waals surface area contributed by atoms with E-state index in [9.17, 15) is 35.9 Å². The Morgan fingerprint density at radius 1 is 1.03 bits per heavy atom. The number of nitrogens with two attached hydrogens (primary N) is 1. The second-order valence-corrected chi connectivity index (χ2v) is 7.42. The zero-order valence-electron chi connectivity index (χ0n) is 16.9. The average Bonchev–Trinajstić information content (AvgIpc) is 3.14. The lowest BCUT2D eigenvalue weighted by Gasteiger charge is -2.27. The van der Waals surface area contributed by atoms with E-state index in [1.165, 1.54) is 4.90 Å². The third-order valence-corrected chi connectivity index (χ3v) is 4.81. The minimum atomic E-state index is -4.63. The molecule has 0 bridgehead atoms. The van der Waals surface area contributed by atoms with Gasteiger partial charge in [-0.1, -0.05) is 0 Å². The summed E-state index contributed by atoms with van der Waals surface area (Å²) in [5.41, 5.74) is 9.78. The molecule has 1 aliphatic rings. The molecule has 9 nitrogen and oxygen atoms in total. The lowest BCUT2D eigenvalue weighted by atomic mass is 10.0. The van der Waals surface area contributed by atoms with E-state index in [2.05, 4.69) is 21.0 Å². The molecule has 2 amide bonds. The summed E-state index contributed by atoms with van der Waals surface area (Å²) in [6, 6.07) is 0.0870. The molecule has 0 fully saturated rings. The number of rotatable bonds is 6. The van der Waals surface area contributed by atoms with Gasteiger partial charge < -0.3 is 10.3 Å². The first-order chi connectivity index (χ1) is 15.4. The number of aromatic nitrogens is 3. The largest absolute Gasteiger partial charge is 0.451 e. The van der Waals surface area contributed by atoms with Gasteiger partial charge in [-0.2, -0.15) is 13.2 Å². The first kappa shape index (κ1) is 24.4. The highest BCUT2D eigenvalue weighted by Gasteiger charge is 2.39. The molecule has 33 heavy (non-hydrogen) atoms. The van der Waals surface area contributed by atoms with E-state index in [0.29, 0.717) is 12.1 Å². The van der Waals surface area contributed by atoms with Crippen molar-refractivity contribution in [1.29, 1.82) is 0 Å². The van der Waals surface area contributed by atoms with E-state index >= 15 is 0 Å². The number of nitrogens with one attached hydrogen (secondary N) is 2. The molecule has 1 atom stereocenters. The van der Waals surface area contributed by atoms with Crippen LogP contribution >= 0.6 is 0 Å². The van der Waals surface area contributed by atoms with E-state index in [4.69, 9.17) is 5.73 Å². The Morgan fingerprint density at radius 2 is 1.70 bits per heavy atom. The Kier molecular flexibility index (Phi) is 7.22. The van der Waals surface area contributed by atoms with Gasteiger partial charge in [0.15, 0.2) is 11.6 Å². The molecule has 2 heterocycles. The zero-order valence-corrected chi connectivity index (χ0v) is 16.9. The van der Waals surface area contributed by atoms with Gasteiger partial charge >= 0.3 is 6.18 Å². The molecule has 0 radical (unpaired) electrons. The number of hydrazine groups is 1. The van der Waals surface area contributed by atoms with Crippen molar-refractivity contribution in [3.05, 3.63) is 46.8 Å². The quantitative estimate of drug-likeness (QED) is 0.318. The molecule has 1 aromatic carbocycles. The van der Waals surface area contributed by atoms with Gasteiger partial charge in [-0.3, -0.25) is 25.3 Å². The van der Waals surface area contributed by atoms with Gasteiger partial charge in [0.2, 0.25) is 11.7 Å². The Bertz CT molecular complexity index is 1040. The van der Waals surface area contributed by atoms with E-state index < -0.39 is 47.3 Å². The molecule has 0 unspecified atom stereocenters. The summed E-state index contributed by atoms with van der Waals surface area (Å²) in [4.78, 5) is 25.5. The molecule has 180 valence electrons. The number of carbonyl (C=O) groups excluding carboxylic acids is 2. The van der Waals surface area contributed by atoms with Crippen molar-refractivity contribution >= 4 is 11.8 Å². The van der Waals surface area contributed by atoms with Gasteiger partial charge in [-0.25, -0.2) is 13.2 Å². The second-order valence-electron chi connectivity index (χ2n) is 7.42. The number of amides is 2. The Balaban J connectivity index is 1.43. The van der Waals surface area contributed by atoms with Crippen LogP contribution in [0.2, 0.25) is 0 Å². The van der Waals surface area contributed by atoms with Crippen LogP contribution < -0.4 is 16.6 Å². The third kappa shape index (κ3) is 6.19. The normalized spacial score (nSPS) is 15.1. The maximum Gasteiger partial charge on any atom is 0.451 e. The van der Waals surface area contributed by atoms with Crippen LogP contribution in [0.1, 0.15) is 23.6 Å². The van der Waals surface area contributed by atoms with Crippen molar-refractivity contribution in [3.63, 3.8) is 0 Å². The zero-order chi connectivity index (χ0) is 24.3. The molecule has 0 saturated carbocycles. The number of halogens is 6. The standard InChI is InChI=1S/C18H19F6N7O2/c19-11-6-13(21)12(20)4-9(11)3-10(25)5-15(32)27-28-16(33)8-30-1-2-31-14(7-30)26-29-17(31)18(22,23)24/h4,6,10H,1-3,5,7-8,25H2,(H,27,32)(H,28,33)/t10-/m1/s1. The fourth-order valence-corrected chi connectivity index (χ4v) is 3.30. The molecule has 15 heteroatoms. The van der Waals surface area contributed by atoms with Gasteiger partial charge in [0.1, 0.15) is 11.6 Å². The van der Waals surface area contributed by atoms with Crippen LogP contribution in [0.5, 0.6) is 0 Å². The summed E-state index contributed by atoms with van der Waals surface area (Å²) >= 11 is 0. The van der Waals surface area contributed by atoms with Crippen LogP contribution in [0.4, 0.5) is 26.3 Å². The predicted molar refractivity (Wildman–Crippen MR) is 99.2 cm³/mol. The van der Waals surface area contributed by atoms with Gasteiger partial charge in [0.25, 0.3) is 5.91 Å². The van der Waals surface area contributed by atoms with Gasteiger partial charge in [-0.05, 0) is 18.1 Å². The molecular formula is C18H19F6N7O2. The summed E-state index contributed by atoms with van der Waals surface area (Å²) in [5, 5.41) is 6.65. The van der Waals surface area contributed by atoms with Crippen LogP contribution in [0.3, 0.4) is 0 Å². The summed E-state index contributed by atoms with van der Waals surface area (Å²) in [7, 11) is 0. The maximum atomic E-state index is 13.7. The predicted octanol–water partition coefficient (Wildman–Crippen LogP) is 0.637. The van der Waals surface area contributed by atoms with Crippen molar-refractivity contribution in [2.75, 3.05) is 13.1 Å². The van der Waals surface area contributed by atoms with Crippen molar-refractivity contribution in [2.45, 2.75) is 38.1 Å². The number of benzene rings is 1. The van der Waals surface area contributed by atoms with Crippen molar-refractivity contribution in [3.8, 4) is 0 Å². The summed E-state index contributed by atoms with van der Waals surface area (Å²) < 4.78 is 79.4. The lowest BCUT2D eigenvalue weighted by molar-refractivity contribution is -0.148. The highest BCUT2D eigenvalue weighted by Crippen LogP contribution is 2.29. The third-order valence-electron chi connectivity index (χ3n) is 4.81. The number of fused-ring (bicyclic) bond motifs is 1. The molecule has 3 rings (SSSR count). The van der Waals surface area contributed by atoms with Crippen LogP contribution in [0.25, 0.3) is 0 Å². The number of nitrogens with zero attached hydrogens (tertiary/aromatic N) is 4. The van der Waals surface area contributed by atoms with Crippen LogP contribution in [0, 0.1) is 17.5 Å². The van der Waals surface area contributed by atoms with E-state index in [-0.39, 0.29) is 50.4 Å². The number of carbonyl (C=O) groups is 2. The fraction of sp³-hybridized carbons (Fsp3) is 0.444. The second kappa shape index (κ2) is 9.74. The SMILES string of the molecule is N[C@@H](CC(=O)NNC(=O)CN1CCn2c(nnc2C(F)(F)F)C1)Cc1cc(F)c(F)cc1F. The number of hydrogen-bond acceptors (Lipinski definition) is 6. The Morgan fingerprint density at radius 3 is 2.39 bits per heavy atom. The summed E-state index contributed by atoms with van der Waals surface area (Å²) in [6.07, 6.45) is -5.24. The average molecular weight is 479 g/mol. The molecule has 0 saturated heterocycles. The Hall–Kier alpha value is -3.20. The van der Waals surface area contributed by atoms with Gasteiger partial charge in [-0.15, -0.1) is 10.2 Å². The van der Waals surface area contributed by atoms with Crippen LogP contribution in [0.15, 0.2) is 12.1 Å². The van der Waals surface area contributed by atoms with Crippen molar-refractivity contribution in [2.24, 2.45) is 5.73 Å². The smallest absolute Gasteiger partial charge is 0.327 e. The van der Waals surface area contributed by atoms with E-state index in [1.807, 2.05) is 0 Å². The molecule has 0 aliphatic carbocycles. The summed E-state index contributed by atoms with van der Waals surface area (Å²) in [5.74, 6) is -6.01. The fourth-order valence-electron chi connectivity index (χ4n) is 3.30. The van der Waals surface area contributed by atoms with Crippen LogP contribution in [-0.2, 0) is 35.3 Å². The van der Waals surface area contributed by atoms with E-state index in [0.717, 1.165) is 4.57 Å². The summed E-state index contributed by atoms with van der Waals surface area (Å²) in [6.45, 7) is -0.220. The van der Waals surface area contributed by atoms with Crippen molar-refractivity contribution in [1.82, 2.24) is 30.5 Å². The first-order valence-electron chi connectivity index (χ1n) is 9.62. The number of alkyl halides is 3. The highest BCUT2D eigenvalue weighted by molar-refractivity contribution is 5.83. The monoisotopic (exact) mass is 479 g/mol. The lowest BCUT2D eigenvalue weighted by Crippen LogP contribution is -2.48. The minimum absolute atomic E-state index is 0.0465. The molecule has 2 aromatic rings. The molecular weight excluding hydrogens is 460 g/mol. The highest BCUT2D eigenvalue weighted by atomic mass is 19.4. The molecule has 4 N–H and O–H groups in total. The molecule has 1 aliphatic heterocycles. The molecule has 1 aromatic heterocycles. The number of hydrogen-bond donors (Lipinski definition) is 3. The Labute approximate surface area is 182 Å². The van der Waals surface area contributed by atoms with Gasteiger partial charge in [0, 0.05) is 31.6 Å². The molecule has 0 spiro atoms. The van der Waals surface area contributed by atoms with Crippen LogP contribution in [-0.4, -0.2) is 50.6 Å². The topological polar surface area (TPSA) is 118 Å². The van der Waals surface area contributed by atoms with E-state index in [1.54, 1.807) is 0 Å².